The molecule has 2 aromatic carbocycles. The minimum Gasteiger partial charge on any atom is -0.480 e. The molecule has 1 saturated heterocycles. The third-order valence-electron chi connectivity index (χ3n) is 6.12. The van der Waals surface area contributed by atoms with E-state index in [2.05, 4.69) is 4.98 Å². The zero-order chi connectivity index (χ0) is 25.6. The molecular weight excluding hydrogens is 490 g/mol. The summed E-state index contributed by atoms with van der Waals surface area (Å²) in [4.78, 5) is 16.2. The van der Waals surface area contributed by atoms with Crippen LogP contribution in [-0.2, 0) is 30.3 Å². The number of para-hydroxylation sites is 1. The lowest BCUT2D eigenvalue weighted by atomic mass is 9.87. The van der Waals surface area contributed by atoms with E-state index in [1.165, 1.54) is 24.4 Å². The van der Waals surface area contributed by atoms with Gasteiger partial charge in [0.1, 0.15) is 10.9 Å². The van der Waals surface area contributed by atoms with Crippen LogP contribution in [0, 0.1) is 0 Å². The van der Waals surface area contributed by atoms with Gasteiger partial charge in [0.15, 0.2) is 0 Å². The van der Waals surface area contributed by atoms with Gasteiger partial charge in [0.2, 0.25) is 20.0 Å². The third-order valence-corrected chi connectivity index (χ3v) is 9.94. The molecule has 0 aliphatic carbocycles. The molecule has 0 unspecified atom stereocenters. The fourth-order valence-electron chi connectivity index (χ4n) is 4.14. The first-order valence-electron chi connectivity index (χ1n) is 11.0. The van der Waals surface area contributed by atoms with Crippen molar-refractivity contribution in [1.29, 1.82) is 0 Å². The molecule has 1 aliphatic heterocycles. The second-order valence-corrected chi connectivity index (χ2v) is 13.2. The summed E-state index contributed by atoms with van der Waals surface area (Å²) in [5, 5.41) is 10.5. The molecule has 0 saturated carbocycles. The molecule has 11 heteroatoms. The van der Waals surface area contributed by atoms with Gasteiger partial charge in [-0.05, 0) is 35.2 Å². The van der Waals surface area contributed by atoms with Crippen LogP contribution in [0.2, 0.25) is 0 Å². The number of pyridine rings is 1. The highest BCUT2D eigenvalue weighted by Gasteiger charge is 2.44. The summed E-state index contributed by atoms with van der Waals surface area (Å²) in [5.74, 6) is -1.43. The molecule has 9 nitrogen and oxygen atoms in total. The summed E-state index contributed by atoms with van der Waals surface area (Å²) in [6, 6.07) is 12.9. The number of aromatic nitrogens is 1. The molecule has 1 aromatic heterocycles. The lowest BCUT2D eigenvalue weighted by Crippen LogP contribution is -2.59. The maximum absolute atomic E-state index is 13.5. The predicted molar refractivity (Wildman–Crippen MR) is 131 cm³/mol. The molecule has 2 heterocycles. The number of piperazine rings is 1. The number of nitrogens with zero attached hydrogens (tertiary/aromatic N) is 3. The van der Waals surface area contributed by atoms with Gasteiger partial charge >= 0.3 is 5.97 Å². The minimum absolute atomic E-state index is 0.0317. The van der Waals surface area contributed by atoms with Crippen molar-refractivity contribution in [3.63, 3.8) is 0 Å². The van der Waals surface area contributed by atoms with Gasteiger partial charge in [0, 0.05) is 31.2 Å². The number of benzene rings is 2. The van der Waals surface area contributed by atoms with Gasteiger partial charge in [0.25, 0.3) is 0 Å². The Morgan fingerprint density at radius 1 is 0.943 bits per heavy atom. The number of fused-ring (bicyclic) bond motifs is 1. The lowest BCUT2D eigenvalue weighted by Gasteiger charge is -2.37. The van der Waals surface area contributed by atoms with Gasteiger partial charge in [-0.25, -0.2) is 16.8 Å². The number of sulfonamides is 2. The van der Waals surface area contributed by atoms with Crippen LogP contribution in [0.25, 0.3) is 10.9 Å². The molecule has 1 atom stereocenters. The monoisotopic (exact) mass is 517 g/mol. The Balaban J connectivity index is 1.66. The first-order valence-corrected chi connectivity index (χ1v) is 13.9. The largest absolute Gasteiger partial charge is 0.480 e. The lowest BCUT2D eigenvalue weighted by molar-refractivity contribution is -0.142. The molecule has 1 aliphatic rings. The Morgan fingerprint density at radius 2 is 1.60 bits per heavy atom. The summed E-state index contributed by atoms with van der Waals surface area (Å²) in [7, 11) is -8.29. The van der Waals surface area contributed by atoms with Gasteiger partial charge < -0.3 is 5.11 Å². The molecule has 4 rings (SSSR count). The van der Waals surface area contributed by atoms with Crippen molar-refractivity contribution in [2.24, 2.45) is 0 Å². The normalized spacial score (nSPS) is 18.5. The zero-order valence-corrected chi connectivity index (χ0v) is 21.3. The average Bonchev–Trinajstić information content (AvgIpc) is 2.82. The quantitative estimate of drug-likeness (QED) is 0.552. The first kappa shape index (κ1) is 25.2. The summed E-state index contributed by atoms with van der Waals surface area (Å²) < 4.78 is 55.5. The highest BCUT2D eigenvalue weighted by Crippen LogP contribution is 2.30. The van der Waals surface area contributed by atoms with E-state index in [9.17, 15) is 26.7 Å². The molecule has 3 aromatic rings. The zero-order valence-electron chi connectivity index (χ0n) is 19.6. The van der Waals surface area contributed by atoms with Crippen LogP contribution in [0.5, 0.6) is 0 Å². The van der Waals surface area contributed by atoms with Crippen LogP contribution in [0.1, 0.15) is 26.3 Å². The van der Waals surface area contributed by atoms with Crippen molar-refractivity contribution in [2.45, 2.75) is 42.0 Å². The van der Waals surface area contributed by atoms with Gasteiger partial charge in [-0.2, -0.15) is 8.61 Å². The molecule has 0 radical (unpaired) electrons. The van der Waals surface area contributed by atoms with E-state index in [1.54, 1.807) is 36.4 Å². The fourth-order valence-corrected chi connectivity index (χ4v) is 7.30. The highest BCUT2D eigenvalue weighted by molar-refractivity contribution is 7.89. The standard InChI is InChI=1S/C24H27N3O6S2/c1-24(2,3)18-9-11-19(12-10-18)34(30,31)26-14-15-27(20(16-26)23(28)29)35(32,33)21-8-4-6-17-7-5-13-25-22(17)21/h4-13,20H,14-16H2,1-3H3,(H,28,29)/t20-/m0/s1. The van der Waals surface area contributed by atoms with Gasteiger partial charge in [-0.3, -0.25) is 9.78 Å². The molecule has 0 amide bonds. The number of aliphatic carboxylic acids is 1. The van der Waals surface area contributed by atoms with Crippen molar-refractivity contribution in [3.8, 4) is 0 Å². The summed E-state index contributed by atoms with van der Waals surface area (Å²) >= 11 is 0. The molecule has 1 fully saturated rings. The SMILES string of the molecule is CC(C)(C)c1ccc(S(=O)(=O)N2CCN(S(=O)(=O)c3cccc4cccnc34)[C@H](C(=O)O)C2)cc1. The van der Waals surface area contributed by atoms with E-state index < -0.39 is 38.6 Å². The summed E-state index contributed by atoms with van der Waals surface area (Å²) in [6.45, 7) is 5.06. The van der Waals surface area contributed by atoms with Crippen molar-refractivity contribution in [3.05, 3.63) is 66.4 Å². The van der Waals surface area contributed by atoms with Crippen LogP contribution < -0.4 is 0 Å². The molecule has 186 valence electrons. The number of hydrogen-bond acceptors (Lipinski definition) is 6. The summed E-state index contributed by atoms with van der Waals surface area (Å²) in [5.41, 5.74) is 1.03. The number of carboxylic acid groups (broad SMARTS) is 1. The number of carbonyl (C=O) groups is 1. The van der Waals surface area contributed by atoms with E-state index in [1.807, 2.05) is 20.8 Å². The summed E-state index contributed by atoms with van der Waals surface area (Å²) in [6.07, 6.45) is 1.46. The molecular formula is C24H27N3O6S2. The Bertz CT molecular complexity index is 1470. The van der Waals surface area contributed by atoms with Crippen LogP contribution in [-0.4, -0.2) is 67.2 Å². The van der Waals surface area contributed by atoms with Crippen molar-refractivity contribution in [1.82, 2.24) is 13.6 Å². The Labute approximate surface area is 205 Å². The number of carboxylic acids is 1. The maximum atomic E-state index is 13.5. The van der Waals surface area contributed by atoms with E-state index in [-0.39, 0.29) is 33.8 Å². The van der Waals surface area contributed by atoms with E-state index >= 15 is 0 Å². The Kier molecular flexibility index (Phi) is 6.47. The van der Waals surface area contributed by atoms with Gasteiger partial charge in [0.05, 0.1) is 10.4 Å². The topological polar surface area (TPSA) is 125 Å². The number of hydrogen-bond donors (Lipinski definition) is 1. The highest BCUT2D eigenvalue weighted by atomic mass is 32.2. The second kappa shape index (κ2) is 8.98. The van der Waals surface area contributed by atoms with Crippen LogP contribution in [0.4, 0.5) is 0 Å². The Hall–Kier alpha value is -2.86. The van der Waals surface area contributed by atoms with Crippen LogP contribution in [0.15, 0.2) is 70.6 Å². The van der Waals surface area contributed by atoms with Crippen molar-refractivity contribution >= 4 is 36.9 Å². The minimum atomic E-state index is -4.27. The van der Waals surface area contributed by atoms with E-state index in [0.29, 0.717) is 5.39 Å². The third kappa shape index (κ3) is 4.68. The average molecular weight is 518 g/mol. The van der Waals surface area contributed by atoms with Crippen LogP contribution in [0.3, 0.4) is 0 Å². The molecule has 1 N–H and O–H groups in total. The van der Waals surface area contributed by atoms with Gasteiger partial charge in [-0.15, -0.1) is 0 Å². The molecule has 35 heavy (non-hydrogen) atoms. The molecule has 0 spiro atoms. The second-order valence-electron chi connectivity index (χ2n) is 9.44. The first-order chi connectivity index (χ1) is 16.3. The fraction of sp³-hybridized carbons (Fsp3) is 0.333. The van der Waals surface area contributed by atoms with Crippen LogP contribution >= 0.6 is 0 Å². The number of rotatable bonds is 5. The van der Waals surface area contributed by atoms with E-state index in [4.69, 9.17) is 0 Å². The Morgan fingerprint density at radius 3 is 2.23 bits per heavy atom. The predicted octanol–water partition coefficient (Wildman–Crippen LogP) is 2.68. The van der Waals surface area contributed by atoms with Crippen molar-refractivity contribution < 1.29 is 26.7 Å². The smallest absolute Gasteiger partial charge is 0.323 e. The molecule has 0 bridgehead atoms. The van der Waals surface area contributed by atoms with E-state index in [0.717, 1.165) is 14.2 Å². The van der Waals surface area contributed by atoms with Crippen molar-refractivity contribution in [2.75, 3.05) is 19.6 Å². The van der Waals surface area contributed by atoms with Gasteiger partial charge in [-0.1, -0.05) is 51.1 Å². The maximum Gasteiger partial charge on any atom is 0.323 e.